The lowest BCUT2D eigenvalue weighted by molar-refractivity contribution is 0.488. The third-order valence-electron chi connectivity index (χ3n) is 3.44. The molecule has 0 saturated heterocycles. The Labute approximate surface area is 131 Å². The molecule has 1 heterocycles. The van der Waals surface area contributed by atoms with Crippen LogP contribution >= 0.6 is 11.6 Å². The Morgan fingerprint density at radius 3 is 2.76 bits per heavy atom. The van der Waals surface area contributed by atoms with E-state index < -0.39 is 0 Å². The molecule has 0 radical (unpaired) electrons. The van der Waals surface area contributed by atoms with Crippen molar-refractivity contribution in [2.75, 3.05) is 6.54 Å². The van der Waals surface area contributed by atoms with Crippen LogP contribution in [0.1, 0.15) is 44.1 Å². The zero-order valence-corrected chi connectivity index (χ0v) is 13.5. The van der Waals surface area contributed by atoms with E-state index in [9.17, 15) is 0 Å². The van der Waals surface area contributed by atoms with Crippen molar-refractivity contribution in [3.8, 4) is 0 Å². The molecule has 114 valence electrons. The van der Waals surface area contributed by atoms with Gasteiger partial charge in [-0.25, -0.2) is 4.98 Å². The fourth-order valence-electron chi connectivity index (χ4n) is 2.40. The molecule has 2 aromatic rings. The molecule has 4 nitrogen and oxygen atoms in total. The molecule has 1 aromatic heterocycles. The first-order chi connectivity index (χ1) is 10.3. The largest absolute Gasteiger partial charge is 0.310 e. The fraction of sp³-hybridized carbons (Fsp3) is 0.500. The molecular formula is C16H23ClN4. The first-order valence-electron chi connectivity index (χ1n) is 7.60. The monoisotopic (exact) mass is 306 g/mol. The summed E-state index contributed by atoms with van der Waals surface area (Å²) in [5, 5.41) is 8.67. The van der Waals surface area contributed by atoms with Gasteiger partial charge in [0.2, 0.25) is 0 Å². The third kappa shape index (κ3) is 4.29. The summed E-state index contributed by atoms with van der Waals surface area (Å²) in [5.41, 5.74) is 1.12. The minimum Gasteiger partial charge on any atom is -0.310 e. The van der Waals surface area contributed by atoms with E-state index in [1.54, 1.807) is 6.33 Å². The van der Waals surface area contributed by atoms with E-state index in [0.717, 1.165) is 48.8 Å². The first kappa shape index (κ1) is 16.0. The Morgan fingerprint density at radius 1 is 1.24 bits per heavy atom. The highest BCUT2D eigenvalue weighted by Gasteiger charge is 2.17. The Morgan fingerprint density at radius 2 is 2.05 bits per heavy atom. The number of benzene rings is 1. The maximum absolute atomic E-state index is 6.36. The first-order valence-corrected chi connectivity index (χ1v) is 7.98. The molecule has 1 unspecified atom stereocenters. The zero-order chi connectivity index (χ0) is 15.1. The number of nitrogens with zero attached hydrogens (tertiary/aromatic N) is 3. The molecule has 0 fully saturated rings. The van der Waals surface area contributed by atoms with Gasteiger partial charge in [-0.1, -0.05) is 43.6 Å². The normalized spacial score (nSPS) is 12.5. The second-order valence-electron chi connectivity index (χ2n) is 5.13. The Kier molecular flexibility index (Phi) is 6.21. The molecule has 0 aliphatic rings. The Balaban J connectivity index is 2.20. The molecule has 0 bridgehead atoms. The summed E-state index contributed by atoms with van der Waals surface area (Å²) >= 11 is 6.36. The van der Waals surface area contributed by atoms with E-state index >= 15 is 0 Å². The van der Waals surface area contributed by atoms with Crippen LogP contribution in [-0.4, -0.2) is 21.3 Å². The molecule has 0 aliphatic carbocycles. The van der Waals surface area contributed by atoms with Crippen LogP contribution < -0.4 is 5.32 Å². The molecule has 1 aromatic carbocycles. The molecule has 1 N–H and O–H groups in total. The lowest BCUT2D eigenvalue weighted by Crippen LogP contribution is -2.25. The van der Waals surface area contributed by atoms with Crippen molar-refractivity contribution in [3.05, 3.63) is 47.0 Å². The van der Waals surface area contributed by atoms with Crippen LogP contribution in [0.3, 0.4) is 0 Å². The average molecular weight is 307 g/mol. The predicted molar refractivity (Wildman–Crippen MR) is 86.5 cm³/mol. The maximum Gasteiger partial charge on any atom is 0.138 e. The summed E-state index contributed by atoms with van der Waals surface area (Å²) in [7, 11) is 0. The van der Waals surface area contributed by atoms with Gasteiger partial charge in [0, 0.05) is 24.0 Å². The van der Waals surface area contributed by atoms with Crippen molar-refractivity contribution in [1.29, 1.82) is 0 Å². The average Bonchev–Trinajstić information content (AvgIpc) is 2.92. The molecular weight excluding hydrogens is 284 g/mol. The van der Waals surface area contributed by atoms with Crippen LogP contribution in [0.2, 0.25) is 5.02 Å². The minimum absolute atomic E-state index is 0.165. The van der Waals surface area contributed by atoms with Crippen molar-refractivity contribution in [3.63, 3.8) is 0 Å². The molecule has 1 atom stereocenters. The summed E-state index contributed by atoms with van der Waals surface area (Å²) in [6.07, 6.45) is 4.57. The highest BCUT2D eigenvalue weighted by Crippen LogP contribution is 2.25. The molecule has 0 spiro atoms. The maximum atomic E-state index is 6.36. The number of rotatable bonds is 8. The minimum atomic E-state index is 0.165. The Bertz CT molecular complexity index is 553. The van der Waals surface area contributed by atoms with Crippen molar-refractivity contribution in [2.45, 2.75) is 45.7 Å². The van der Waals surface area contributed by atoms with Crippen LogP contribution in [0, 0.1) is 0 Å². The molecule has 2 rings (SSSR count). The summed E-state index contributed by atoms with van der Waals surface area (Å²) in [6, 6.07) is 8.17. The van der Waals surface area contributed by atoms with Gasteiger partial charge in [0.1, 0.15) is 12.2 Å². The van der Waals surface area contributed by atoms with Crippen LogP contribution in [0.15, 0.2) is 30.6 Å². The highest BCUT2D eigenvalue weighted by molar-refractivity contribution is 6.31. The van der Waals surface area contributed by atoms with Gasteiger partial charge in [-0.05, 0) is 31.0 Å². The molecule has 0 amide bonds. The number of aromatic nitrogens is 3. The Hall–Kier alpha value is -1.39. The summed E-state index contributed by atoms with van der Waals surface area (Å²) in [5.74, 6) is 1.00. The van der Waals surface area contributed by atoms with E-state index in [0.29, 0.717) is 0 Å². The van der Waals surface area contributed by atoms with Gasteiger partial charge < -0.3 is 5.32 Å². The number of aryl methyl sites for hydroxylation is 1. The summed E-state index contributed by atoms with van der Waals surface area (Å²) < 4.78 is 1.98. The molecule has 0 aliphatic heterocycles. The van der Waals surface area contributed by atoms with Crippen LogP contribution in [0.25, 0.3) is 0 Å². The van der Waals surface area contributed by atoms with E-state index in [1.807, 2.05) is 22.9 Å². The molecule has 5 heteroatoms. The van der Waals surface area contributed by atoms with Crippen molar-refractivity contribution < 1.29 is 0 Å². The quantitative estimate of drug-likeness (QED) is 0.810. The summed E-state index contributed by atoms with van der Waals surface area (Å²) in [4.78, 5) is 4.41. The third-order valence-corrected chi connectivity index (χ3v) is 3.78. The van der Waals surface area contributed by atoms with E-state index in [-0.39, 0.29) is 6.04 Å². The van der Waals surface area contributed by atoms with Crippen LogP contribution in [-0.2, 0) is 13.0 Å². The fourth-order valence-corrected chi connectivity index (χ4v) is 2.66. The van der Waals surface area contributed by atoms with Gasteiger partial charge >= 0.3 is 0 Å². The summed E-state index contributed by atoms with van der Waals surface area (Å²) in [6.45, 7) is 6.17. The van der Waals surface area contributed by atoms with Crippen LogP contribution in [0.5, 0.6) is 0 Å². The molecule has 21 heavy (non-hydrogen) atoms. The van der Waals surface area contributed by atoms with Gasteiger partial charge in [0.05, 0.1) is 0 Å². The van der Waals surface area contributed by atoms with Crippen molar-refractivity contribution >= 4 is 11.6 Å². The van der Waals surface area contributed by atoms with Gasteiger partial charge in [-0.2, -0.15) is 5.10 Å². The molecule has 0 saturated carbocycles. The lowest BCUT2D eigenvalue weighted by Gasteiger charge is -2.20. The topological polar surface area (TPSA) is 42.7 Å². The second kappa shape index (κ2) is 8.15. The lowest BCUT2D eigenvalue weighted by atomic mass is 10.0. The SMILES string of the molecule is CCCNC(Cc1ncnn1CCC)c1ccccc1Cl. The van der Waals surface area contributed by atoms with E-state index in [2.05, 4.69) is 35.3 Å². The van der Waals surface area contributed by atoms with Gasteiger partial charge in [-0.3, -0.25) is 4.68 Å². The van der Waals surface area contributed by atoms with Gasteiger partial charge in [0.25, 0.3) is 0 Å². The number of hydrogen-bond donors (Lipinski definition) is 1. The van der Waals surface area contributed by atoms with Gasteiger partial charge in [-0.15, -0.1) is 0 Å². The standard InChI is InChI=1S/C16H23ClN4/c1-3-9-18-15(13-7-5-6-8-14(13)17)11-16-19-12-20-21(16)10-4-2/h5-8,12,15,18H,3-4,9-11H2,1-2H3. The number of nitrogens with one attached hydrogen (secondary N) is 1. The predicted octanol–water partition coefficient (Wildman–Crippen LogP) is 3.62. The van der Waals surface area contributed by atoms with Crippen molar-refractivity contribution in [1.82, 2.24) is 20.1 Å². The second-order valence-corrected chi connectivity index (χ2v) is 5.54. The van der Waals surface area contributed by atoms with Crippen molar-refractivity contribution in [2.24, 2.45) is 0 Å². The van der Waals surface area contributed by atoms with Crippen LogP contribution in [0.4, 0.5) is 0 Å². The zero-order valence-electron chi connectivity index (χ0n) is 12.7. The van der Waals surface area contributed by atoms with E-state index in [1.165, 1.54) is 0 Å². The highest BCUT2D eigenvalue weighted by atomic mass is 35.5. The van der Waals surface area contributed by atoms with Gasteiger partial charge in [0.15, 0.2) is 0 Å². The van der Waals surface area contributed by atoms with E-state index in [4.69, 9.17) is 11.6 Å². The smallest absolute Gasteiger partial charge is 0.138 e. The number of halogens is 1. The number of hydrogen-bond acceptors (Lipinski definition) is 3.